The van der Waals surface area contributed by atoms with Crippen LogP contribution in [0.4, 0.5) is 5.69 Å². The Kier molecular flexibility index (Phi) is 5.72. The molecule has 1 saturated carbocycles. The van der Waals surface area contributed by atoms with E-state index in [-0.39, 0.29) is 17.8 Å². The summed E-state index contributed by atoms with van der Waals surface area (Å²) in [5.74, 6) is 1.74. The van der Waals surface area contributed by atoms with Gasteiger partial charge in [-0.05, 0) is 55.4 Å². The van der Waals surface area contributed by atoms with Gasteiger partial charge in [0, 0.05) is 18.3 Å². The van der Waals surface area contributed by atoms with Crippen LogP contribution in [-0.2, 0) is 0 Å². The second kappa shape index (κ2) is 8.82. The van der Waals surface area contributed by atoms with E-state index in [0.29, 0.717) is 28.2 Å². The number of hydrogen-bond donors (Lipinski definition) is 1. The maximum atomic E-state index is 11.2. The van der Waals surface area contributed by atoms with E-state index in [2.05, 4.69) is 15.2 Å². The van der Waals surface area contributed by atoms with Gasteiger partial charge in [0.1, 0.15) is 23.3 Å². The average Bonchev–Trinajstić information content (AvgIpc) is 3.58. The van der Waals surface area contributed by atoms with Gasteiger partial charge in [-0.1, -0.05) is 18.9 Å². The normalized spacial score (nSPS) is 20.8. The van der Waals surface area contributed by atoms with E-state index < -0.39 is 4.92 Å². The molecule has 2 aromatic heterocycles. The molecule has 5 rings (SSSR count). The summed E-state index contributed by atoms with van der Waals surface area (Å²) in [5, 5.41) is 15.3. The lowest BCUT2D eigenvalue weighted by Gasteiger charge is -2.31. The highest BCUT2D eigenvalue weighted by Gasteiger charge is 2.45. The smallest absolute Gasteiger partial charge is 0.273 e. The number of nitro groups is 1. The van der Waals surface area contributed by atoms with Gasteiger partial charge in [0.15, 0.2) is 5.11 Å². The average molecular weight is 465 g/mol. The van der Waals surface area contributed by atoms with Crippen molar-refractivity contribution in [3.8, 4) is 17.1 Å². The number of non-ortho nitro benzene ring substituents is 1. The molecule has 33 heavy (non-hydrogen) atoms. The van der Waals surface area contributed by atoms with Crippen molar-refractivity contribution in [3.05, 3.63) is 76.3 Å². The van der Waals surface area contributed by atoms with Crippen molar-refractivity contribution in [2.75, 3.05) is 7.11 Å². The Morgan fingerprint density at radius 3 is 2.73 bits per heavy atom. The second-order valence-electron chi connectivity index (χ2n) is 8.32. The molecule has 1 aliphatic carbocycles. The molecular weight excluding hydrogens is 440 g/mol. The van der Waals surface area contributed by atoms with Crippen LogP contribution in [0, 0.1) is 10.1 Å². The molecule has 0 radical (unpaired) electrons. The number of benzene rings is 1. The van der Waals surface area contributed by atoms with Crippen LogP contribution in [-0.4, -0.2) is 33.1 Å². The molecule has 3 aromatic rings. The fraction of sp³-hybridized carbons (Fsp3) is 0.333. The van der Waals surface area contributed by atoms with Gasteiger partial charge in [-0.25, -0.2) is 0 Å². The van der Waals surface area contributed by atoms with Crippen LogP contribution in [0.5, 0.6) is 5.75 Å². The van der Waals surface area contributed by atoms with Crippen molar-refractivity contribution >= 4 is 23.0 Å². The van der Waals surface area contributed by atoms with Gasteiger partial charge in [-0.3, -0.25) is 15.1 Å². The number of hydrogen-bond acceptors (Lipinski definition) is 6. The Morgan fingerprint density at radius 2 is 2.03 bits per heavy atom. The Balaban J connectivity index is 1.55. The summed E-state index contributed by atoms with van der Waals surface area (Å²) in [4.78, 5) is 17.6. The lowest BCUT2D eigenvalue weighted by Crippen LogP contribution is -2.37. The maximum Gasteiger partial charge on any atom is 0.273 e. The third-order valence-corrected chi connectivity index (χ3v) is 6.76. The molecule has 2 aliphatic rings. The van der Waals surface area contributed by atoms with E-state index in [4.69, 9.17) is 21.4 Å². The van der Waals surface area contributed by atoms with Crippen LogP contribution in [0.25, 0.3) is 11.3 Å². The molecule has 0 amide bonds. The zero-order chi connectivity index (χ0) is 22.9. The number of ether oxygens (including phenoxy) is 1. The first-order valence-electron chi connectivity index (χ1n) is 11.0. The molecule has 9 heteroatoms. The molecule has 2 fully saturated rings. The molecular formula is C24H24N4O4S. The zero-order valence-corrected chi connectivity index (χ0v) is 19.0. The first-order chi connectivity index (χ1) is 16.1. The van der Waals surface area contributed by atoms with Gasteiger partial charge in [0.2, 0.25) is 0 Å². The maximum absolute atomic E-state index is 11.2. The minimum absolute atomic E-state index is 0.0321. The minimum Gasteiger partial charge on any atom is -0.496 e. The number of nitrogens with one attached hydrogen (secondary N) is 1. The number of rotatable bonds is 6. The van der Waals surface area contributed by atoms with Crippen molar-refractivity contribution in [2.45, 2.75) is 43.8 Å². The number of methoxy groups -OCH3 is 1. The molecule has 0 bridgehead atoms. The van der Waals surface area contributed by atoms with Gasteiger partial charge >= 0.3 is 0 Å². The van der Waals surface area contributed by atoms with Crippen LogP contribution in [0.15, 0.2) is 59.1 Å². The van der Waals surface area contributed by atoms with Crippen LogP contribution in [0.2, 0.25) is 0 Å². The highest BCUT2D eigenvalue weighted by Crippen LogP contribution is 2.44. The summed E-state index contributed by atoms with van der Waals surface area (Å²) >= 11 is 5.77. The van der Waals surface area contributed by atoms with E-state index in [1.165, 1.54) is 32.1 Å². The largest absolute Gasteiger partial charge is 0.496 e. The summed E-state index contributed by atoms with van der Waals surface area (Å²) in [6.07, 6.45) is 6.35. The van der Waals surface area contributed by atoms with Crippen LogP contribution in [0.3, 0.4) is 0 Å². The van der Waals surface area contributed by atoms with Gasteiger partial charge in [-0.2, -0.15) is 0 Å². The van der Waals surface area contributed by atoms with Crippen LogP contribution >= 0.6 is 12.2 Å². The molecule has 0 spiro atoms. The zero-order valence-electron chi connectivity index (χ0n) is 18.1. The molecule has 3 heterocycles. The highest BCUT2D eigenvalue weighted by atomic mass is 32.1. The highest BCUT2D eigenvalue weighted by molar-refractivity contribution is 7.80. The van der Waals surface area contributed by atoms with E-state index in [9.17, 15) is 10.1 Å². The van der Waals surface area contributed by atoms with Crippen molar-refractivity contribution in [3.63, 3.8) is 0 Å². The van der Waals surface area contributed by atoms with E-state index in [1.807, 2.05) is 30.3 Å². The number of pyridine rings is 1. The van der Waals surface area contributed by atoms with Crippen molar-refractivity contribution in [1.82, 2.24) is 15.2 Å². The molecule has 170 valence electrons. The van der Waals surface area contributed by atoms with Crippen LogP contribution in [0.1, 0.15) is 49.2 Å². The topological polar surface area (TPSA) is 93.7 Å². The van der Waals surface area contributed by atoms with Crippen molar-refractivity contribution < 1.29 is 14.1 Å². The summed E-state index contributed by atoms with van der Waals surface area (Å²) in [6.45, 7) is 0. The fourth-order valence-electron chi connectivity index (χ4n) is 4.90. The predicted octanol–water partition coefficient (Wildman–Crippen LogP) is 5.17. The molecule has 1 saturated heterocycles. The second-order valence-corrected chi connectivity index (χ2v) is 8.70. The predicted molar refractivity (Wildman–Crippen MR) is 127 cm³/mol. The lowest BCUT2D eigenvalue weighted by atomic mass is 10.0. The van der Waals surface area contributed by atoms with E-state index >= 15 is 0 Å². The van der Waals surface area contributed by atoms with Crippen LogP contribution < -0.4 is 10.1 Å². The first kappa shape index (κ1) is 21.4. The number of nitrogens with zero attached hydrogens (tertiary/aromatic N) is 3. The lowest BCUT2D eigenvalue weighted by molar-refractivity contribution is -0.384. The Morgan fingerprint density at radius 1 is 1.21 bits per heavy atom. The van der Waals surface area contributed by atoms with Crippen molar-refractivity contribution in [1.29, 1.82) is 0 Å². The minimum atomic E-state index is -0.443. The van der Waals surface area contributed by atoms with E-state index in [1.54, 1.807) is 12.3 Å². The molecule has 1 N–H and O–H groups in total. The molecule has 1 aromatic carbocycles. The summed E-state index contributed by atoms with van der Waals surface area (Å²) in [6, 6.07) is 14.3. The summed E-state index contributed by atoms with van der Waals surface area (Å²) in [5.41, 5.74) is 1.52. The number of thiocarbonyl (C=S) groups is 1. The Bertz CT molecular complexity index is 1180. The van der Waals surface area contributed by atoms with Gasteiger partial charge < -0.3 is 19.4 Å². The van der Waals surface area contributed by atoms with Gasteiger partial charge in [-0.15, -0.1) is 0 Å². The van der Waals surface area contributed by atoms with E-state index in [0.717, 1.165) is 24.3 Å². The summed E-state index contributed by atoms with van der Waals surface area (Å²) in [7, 11) is 1.49. The molecule has 8 nitrogen and oxygen atoms in total. The number of aromatic nitrogens is 1. The first-order valence-corrected chi connectivity index (χ1v) is 11.4. The standard InChI is InChI=1S/C24H24N4O4S/c1-31-21-14-16(28(29)30)9-10-17(21)19-11-12-20(32-19)23-22(18-8-4-5-13-25-18)26-24(33)27(23)15-6-2-3-7-15/h4-5,8-15,22-23H,2-3,6-7H2,1H3,(H,26,33)/t22-,23+/m1/s1. The SMILES string of the molecule is COc1cc([N+](=O)[O-])ccc1-c1ccc([C@H]2[C@@H](c3ccccn3)NC(=S)N2C2CCCC2)o1. The summed E-state index contributed by atoms with van der Waals surface area (Å²) < 4.78 is 11.8. The van der Waals surface area contributed by atoms with Gasteiger partial charge in [0.25, 0.3) is 5.69 Å². The van der Waals surface area contributed by atoms with Crippen molar-refractivity contribution in [2.24, 2.45) is 0 Å². The fourth-order valence-corrected chi connectivity index (χ4v) is 5.29. The molecule has 0 unspecified atom stereocenters. The third kappa shape index (κ3) is 3.93. The van der Waals surface area contributed by atoms with Gasteiger partial charge in [0.05, 0.1) is 35.4 Å². The number of furan rings is 1. The quantitative estimate of drug-likeness (QED) is 0.303. The molecule has 2 atom stereocenters. The molecule has 1 aliphatic heterocycles. The number of nitro benzene ring substituents is 1. The Labute approximate surface area is 196 Å². The monoisotopic (exact) mass is 464 g/mol. The Hall–Kier alpha value is -3.46. The third-order valence-electron chi connectivity index (χ3n) is 6.43.